The minimum atomic E-state index is 0.389. The molecule has 1 aliphatic heterocycles. The van der Waals surface area contributed by atoms with Crippen LogP contribution in [0.2, 0.25) is 0 Å². The molecule has 0 radical (unpaired) electrons. The zero-order valence-electron chi connectivity index (χ0n) is 14.0. The van der Waals surface area contributed by atoms with Crippen LogP contribution in [0.4, 0.5) is 5.82 Å². The van der Waals surface area contributed by atoms with Gasteiger partial charge in [0.1, 0.15) is 5.82 Å². The van der Waals surface area contributed by atoms with Gasteiger partial charge in [0.05, 0.1) is 0 Å². The topological polar surface area (TPSA) is 49.8 Å². The lowest BCUT2D eigenvalue weighted by Crippen LogP contribution is -2.31. The average Bonchev–Trinajstić information content (AvgIpc) is 2.61. The Morgan fingerprint density at radius 3 is 2.57 bits per heavy atom. The second kappa shape index (κ2) is 7.55. The van der Waals surface area contributed by atoms with Gasteiger partial charge in [0.25, 0.3) is 0 Å². The lowest BCUT2D eigenvalue weighted by atomic mass is 9.98. The number of rotatable bonds is 5. The first-order valence-electron chi connectivity index (χ1n) is 8.61. The van der Waals surface area contributed by atoms with Crippen molar-refractivity contribution in [1.29, 1.82) is 0 Å². The van der Waals surface area contributed by atoms with E-state index in [1.54, 1.807) is 0 Å². The van der Waals surface area contributed by atoms with Gasteiger partial charge in [-0.1, -0.05) is 44.2 Å². The molecule has 23 heavy (non-hydrogen) atoms. The SMILES string of the molecule is CC(C)c1cc(NCC2CCNCC2)nc(-c2ccccc2)n1. The molecule has 0 saturated carbocycles. The number of benzene rings is 1. The summed E-state index contributed by atoms with van der Waals surface area (Å²) in [6.07, 6.45) is 2.47. The number of anilines is 1. The predicted molar refractivity (Wildman–Crippen MR) is 95.6 cm³/mol. The van der Waals surface area contributed by atoms with Gasteiger partial charge in [0, 0.05) is 23.9 Å². The van der Waals surface area contributed by atoms with E-state index in [4.69, 9.17) is 9.97 Å². The summed E-state index contributed by atoms with van der Waals surface area (Å²) in [5, 5.41) is 6.96. The number of nitrogens with zero attached hydrogens (tertiary/aromatic N) is 2. The van der Waals surface area contributed by atoms with Gasteiger partial charge in [0.15, 0.2) is 5.82 Å². The fraction of sp³-hybridized carbons (Fsp3) is 0.474. The van der Waals surface area contributed by atoms with Crippen LogP contribution in [0.15, 0.2) is 36.4 Å². The number of aromatic nitrogens is 2. The predicted octanol–water partition coefficient (Wildman–Crippen LogP) is 3.68. The Morgan fingerprint density at radius 1 is 1.13 bits per heavy atom. The molecule has 0 aliphatic carbocycles. The van der Waals surface area contributed by atoms with Crippen LogP contribution in [0.1, 0.15) is 38.3 Å². The second-order valence-corrected chi connectivity index (χ2v) is 6.60. The van der Waals surface area contributed by atoms with Crippen LogP contribution in [-0.2, 0) is 0 Å². The Bertz CT molecular complexity index is 619. The first-order chi connectivity index (χ1) is 11.2. The van der Waals surface area contributed by atoms with E-state index in [-0.39, 0.29) is 0 Å². The highest BCUT2D eigenvalue weighted by Gasteiger charge is 2.14. The van der Waals surface area contributed by atoms with Crippen LogP contribution >= 0.6 is 0 Å². The molecule has 1 aromatic carbocycles. The van der Waals surface area contributed by atoms with Gasteiger partial charge in [-0.3, -0.25) is 0 Å². The van der Waals surface area contributed by atoms with Gasteiger partial charge in [-0.05, 0) is 37.8 Å². The third-order valence-corrected chi connectivity index (χ3v) is 4.40. The molecule has 4 nitrogen and oxygen atoms in total. The van der Waals surface area contributed by atoms with Gasteiger partial charge in [0.2, 0.25) is 0 Å². The maximum Gasteiger partial charge on any atom is 0.161 e. The van der Waals surface area contributed by atoms with Crippen LogP contribution in [0.3, 0.4) is 0 Å². The van der Waals surface area contributed by atoms with Crippen LogP contribution in [0.25, 0.3) is 11.4 Å². The molecule has 0 unspecified atom stereocenters. The second-order valence-electron chi connectivity index (χ2n) is 6.60. The minimum Gasteiger partial charge on any atom is -0.370 e. The normalized spacial score (nSPS) is 15.8. The summed E-state index contributed by atoms with van der Waals surface area (Å²) in [4.78, 5) is 9.47. The molecule has 2 N–H and O–H groups in total. The van der Waals surface area contributed by atoms with Crippen molar-refractivity contribution in [1.82, 2.24) is 15.3 Å². The molecule has 0 spiro atoms. The Kier molecular flexibility index (Phi) is 5.23. The molecule has 0 atom stereocenters. The highest BCUT2D eigenvalue weighted by atomic mass is 15.0. The summed E-state index contributed by atoms with van der Waals surface area (Å²) in [6, 6.07) is 12.3. The van der Waals surface area contributed by atoms with E-state index >= 15 is 0 Å². The summed E-state index contributed by atoms with van der Waals surface area (Å²) >= 11 is 0. The van der Waals surface area contributed by atoms with E-state index in [0.29, 0.717) is 5.92 Å². The van der Waals surface area contributed by atoms with Crippen molar-refractivity contribution >= 4 is 5.82 Å². The number of hydrogen-bond donors (Lipinski definition) is 2. The van der Waals surface area contributed by atoms with Crippen molar-refractivity contribution in [3.8, 4) is 11.4 Å². The Labute approximate surface area is 138 Å². The maximum absolute atomic E-state index is 4.74. The number of nitrogens with one attached hydrogen (secondary N) is 2. The van der Waals surface area contributed by atoms with Gasteiger partial charge < -0.3 is 10.6 Å². The number of hydrogen-bond acceptors (Lipinski definition) is 4. The Balaban J connectivity index is 1.79. The van der Waals surface area contributed by atoms with Gasteiger partial charge >= 0.3 is 0 Å². The highest BCUT2D eigenvalue weighted by Crippen LogP contribution is 2.22. The van der Waals surface area contributed by atoms with Crippen molar-refractivity contribution in [2.75, 3.05) is 25.0 Å². The summed E-state index contributed by atoms with van der Waals surface area (Å²) in [6.45, 7) is 7.59. The van der Waals surface area contributed by atoms with E-state index in [2.05, 4.69) is 42.7 Å². The zero-order chi connectivity index (χ0) is 16.1. The van der Waals surface area contributed by atoms with Gasteiger partial charge in [-0.2, -0.15) is 0 Å². The minimum absolute atomic E-state index is 0.389. The molecule has 122 valence electrons. The molecular formula is C19H26N4. The molecule has 0 amide bonds. The average molecular weight is 310 g/mol. The van der Waals surface area contributed by atoms with Crippen LogP contribution in [0.5, 0.6) is 0 Å². The summed E-state index contributed by atoms with van der Waals surface area (Å²) in [5.41, 5.74) is 2.16. The zero-order valence-corrected chi connectivity index (χ0v) is 14.0. The Hall–Kier alpha value is -1.94. The van der Waals surface area contributed by atoms with E-state index in [9.17, 15) is 0 Å². The largest absolute Gasteiger partial charge is 0.370 e. The smallest absolute Gasteiger partial charge is 0.161 e. The summed E-state index contributed by atoms with van der Waals surface area (Å²) in [7, 11) is 0. The molecular weight excluding hydrogens is 284 g/mol. The standard InChI is InChI=1S/C19H26N4/c1-14(2)17-12-18(21-13-15-8-10-20-11-9-15)23-19(22-17)16-6-4-3-5-7-16/h3-7,12,14-15,20H,8-11,13H2,1-2H3,(H,21,22,23). The third-order valence-electron chi connectivity index (χ3n) is 4.40. The quantitative estimate of drug-likeness (QED) is 0.884. The lowest BCUT2D eigenvalue weighted by Gasteiger charge is -2.23. The van der Waals surface area contributed by atoms with Gasteiger partial charge in [-0.25, -0.2) is 9.97 Å². The van der Waals surface area contributed by atoms with E-state index in [0.717, 1.165) is 48.5 Å². The monoisotopic (exact) mass is 310 g/mol. The fourth-order valence-electron chi connectivity index (χ4n) is 2.90. The van der Waals surface area contributed by atoms with E-state index in [1.807, 2.05) is 18.2 Å². The third kappa shape index (κ3) is 4.29. The summed E-state index contributed by atoms with van der Waals surface area (Å²) < 4.78 is 0. The molecule has 1 fully saturated rings. The molecule has 1 aromatic heterocycles. The maximum atomic E-state index is 4.74. The molecule has 2 aromatic rings. The van der Waals surface area contributed by atoms with Crippen LogP contribution < -0.4 is 10.6 Å². The van der Waals surface area contributed by atoms with Gasteiger partial charge in [-0.15, -0.1) is 0 Å². The van der Waals surface area contributed by atoms with Crippen molar-refractivity contribution in [2.24, 2.45) is 5.92 Å². The van der Waals surface area contributed by atoms with Crippen molar-refractivity contribution < 1.29 is 0 Å². The lowest BCUT2D eigenvalue weighted by molar-refractivity contribution is 0.389. The highest BCUT2D eigenvalue weighted by molar-refractivity contribution is 5.57. The Morgan fingerprint density at radius 2 is 1.87 bits per heavy atom. The first kappa shape index (κ1) is 15.9. The molecule has 1 aliphatic rings. The van der Waals surface area contributed by atoms with Crippen LogP contribution in [0, 0.1) is 5.92 Å². The van der Waals surface area contributed by atoms with Crippen molar-refractivity contribution in [3.63, 3.8) is 0 Å². The molecule has 0 bridgehead atoms. The molecule has 4 heteroatoms. The molecule has 1 saturated heterocycles. The number of piperidine rings is 1. The van der Waals surface area contributed by atoms with Crippen molar-refractivity contribution in [3.05, 3.63) is 42.1 Å². The van der Waals surface area contributed by atoms with Crippen molar-refractivity contribution in [2.45, 2.75) is 32.6 Å². The fourth-order valence-corrected chi connectivity index (χ4v) is 2.90. The van der Waals surface area contributed by atoms with E-state index in [1.165, 1.54) is 12.8 Å². The molecule has 3 rings (SSSR count). The van der Waals surface area contributed by atoms with Crippen LogP contribution in [-0.4, -0.2) is 29.6 Å². The summed E-state index contributed by atoms with van der Waals surface area (Å²) in [5.74, 6) is 2.87. The first-order valence-corrected chi connectivity index (χ1v) is 8.61. The van der Waals surface area contributed by atoms with E-state index < -0.39 is 0 Å². The molecule has 2 heterocycles.